The van der Waals surface area contributed by atoms with Gasteiger partial charge in [0.2, 0.25) is 11.8 Å². The first-order chi connectivity index (χ1) is 16.9. The summed E-state index contributed by atoms with van der Waals surface area (Å²) < 4.78 is 5.72. The molecule has 0 aliphatic carbocycles. The molecule has 0 bridgehead atoms. The van der Waals surface area contributed by atoms with Gasteiger partial charge in [0.15, 0.2) is 0 Å². The van der Waals surface area contributed by atoms with Crippen LogP contribution in [0.4, 0.5) is 0 Å². The Bertz CT molecular complexity index is 1120. The lowest BCUT2D eigenvalue weighted by Crippen LogP contribution is -2.49. The van der Waals surface area contributed by atoms with Crippen molar-refractivity contribution >= 4 is 46.6 Å². The molecule has 0 aliphatic rings. The Balaban J connectivity index is 1.76. The van der Waals surface area contributed by atoms with Crippen molar-refractivity contribution in [1.29, 1.82) is 0 Å². The van der Waals surface area contributed by atoms with Crippen LogP contribution in [0.15, 0.2) is 72.8 Å². The van der Waals surface area contributed by atoms with Gasteiger partial charge in [0.25, 0.3) is 0 Å². The molecule has 0 heterocycles. The second-order valence-electron chi connectivity index (χ2n) is 8.00. The topological polar surface area (TPSA) is 58.6 Å². The van der Waals surface area contributed by atoms with Crippen molar-refractivity contribution in [2.45, 2.75) is 31.8 Å². The Morgan fingerprint density at radius 3 is 2.29 bits per heavy atom. The summed E-state index contributed by atoms with van der Waals surface area (Å²) in [5.41, 5.74) is 1.74. The first-order valence-electron chi connectivity index (χ1n) is 11.2. The Labute approximate surface area is 220 Å². The number of halogens is 3. The maximum Gasteiger partial charge on any atom is 0.242 e. The molecule has 184 valence electrons. The number of rotatable bonds is 11. The van der Waals surface area contributed by atoms with Crippen molar-refractivity contribution in [3.05, 3.63) is 99.0 Å². The number of hydrogen-bond acceptors (Lipinski definition) is 3. The summed E-state index contributed by atoms with van der Waals surface area (Å²) in [6.45, 7) is 0.579. The SMILES string of the molecule is CNC(=O)[C@H](Cc1ccccc1)N(Cc1ccc(Cl)c(Cl)c1)C(=O)CCCOc1ccc(Cl)cc1. The van der Waals surface area contributed by atoms with E-state index in [1.165, 1.54) is 0 Å². The molecule has 0 saturated heterocycles. The van der Waals surface area contributed by atoms with E-state index in [-0.39, 0.29) is 24.8 Å². The van der Waals surface area contributed by atoms with E-state index in [1.54, 1.807) is 48.3 Å². The molecule has 0 aromatic heterocycles. The number of amides is 2. The molecular formula is C27H27Cl3N2O3. The molecule has 3 rings (SSSR count). The van der Waals surface area contributed by atoms with Crippen LogP contribution in [0.5, 0.6) is 5.75 Å². The molecule has 0 radical (unpaired) electrons. The van der Waals surface area contributed by atoms with Gasteiger partial charge in [0.05, 0.1) is 16.7 Å². The van der Waals surface area contributed by atoms with Crippen molar-refractivity contribution in [2.24, 2.45) is 0 Å². The van der Waals surface area contributed by atoms with Crippen molar-refractivity contribution in [1.82, 2.24) is 10.2 Å². The minimum absolute atomic E-state index is 0.152. The second-order valence-corrected chi connectivity index (χ2v) is 9.25. The van der Waals surface area contributed by atoms with Gasteiger partial charge in [-0.2, -0.15) is 0 Å². The van der Waals surface area contributed by atoms with Crippen LogP contribution in [0.1, 0.15) is 24.0 Å². The number of hydrogen-bond donors (Lipinski definition) is 1. The van der Waals surface area contributed by atoms with Crippen LogP contribution in [0.25, 0.3) is 0 Å². The quantitative estimate of drug-likeness (QED) is 0.299. The highest BCUT2D eigenvalue weighted by Gasteiger charge is 2.29. The Kier molecular flexibility index (Phi) is 10.3. The van der Waals surface area contributed by atoms with Crippen molar-refractivity contribution in [3.8, 4) is 5.75 Å². The standard InChI is InChI=1S/C27H27Cl3N2O3/c1-31-27(34)25(17-19-6-3-2-4-7-19)32(18-20-9-14-23(29)24(30)16-20)26(33)8-5-15-35-22-12-10-21(28)11-13-22/h2-4,6-7,9-14,16,25H,5,8,15,17-18H2,1H3,(H,31,34)/t25-/m0/s1. The van der Waals surface area contributed by atoms with Crippen LogP contribution in [0.2, 0.25) is 15.1 Å². The molecule has 1 N–H and O–H groups in total. The van der Waals surface area contributed by atoms with E-state index < -0.39 is 6.04 Å². The predicted molar refractivity (Wildman–Crippen MR) is 141 cm³/mol. The fourth-order valence-corrected chi connectivity index (χ4v) is 4.09. The summed E-state index contributed by atoms with van der Waals surface area (Å²) in [6, 6.07) is 21.2. The predicted octanol–water partition coefficient (Wildman–Crippen LogP) is 6.19. The highest BCUT2D eigenvalue weighted by molar-refractivity contribution is 6.42. The monoisotopic (exact) mass is 532 g/mol. The summed E-state index contributed by atoms with van der Waals surface area (Å²) in [4.78, 5) is 28.0. The summed E-state index contributed by atoms with van der Waals surface area (Å²) in [5.74, 6) is 0.293. The number of likely N-dealkylation sites (N-methyl/N-ethyl adjacent to an activating group) is 1. The zero-order valence-corrected chi connectivity index (χ0v) is 21.6. The summed E-state index contributed by atoms with van der Waals surface area (Å²) in [6.07, 6.45) is 1.09. The van der Waals surface area contributed by atoms with Gasteiger partial charge in [0, 0.05) is 31.5 Å². The smallest absolute Gasteiger partial charge is 0.242 e. The number of ether oxygens (including phenoxy) is 1. The average molecular weight is 534 g/mol. The highest BCUT2D eigenvalue weighted by Crippen LogP contribution is 2.25. The Hall–Kier alpha value is -2.73. The van der Waals surface area contributed by atoms with Crippen LogP contribution in [0, 0.1) is 0 Å². The first-order valence-corrected chi connectivity index (χ1v) is 12.4. The number of carbonyl (C=O) groups is 2. The molecule has 2 amide bonds. The Morgan fingerprint density at radius 2 is 1.63 bits per heavy atom. The molecule has 0 saturated carbocycles. The fraction of sp³-hybridized carbons (Fsp3) is 0.259. The molecular weight excluding hydrogens is 507 g/mol. The largest absolute Gasteiger partial charge is 0.494 e. The molecule has 0 unspecified atom stereocenters. The molecule has 1 atom stereocenters. The van der Waals surface area contributed by atoms with E-state index in [0.717, 1.165) is 11.1 Å². The lowest BCUT2D eigenvalue weighted by molar-refractivity contribution is -0.141. The van der Waals surface area contributed by atoms with E-state index in [0.29, 0.717) is 40.3 Å². The van der Waals surface area contributed by atoms with Crippen molar-refractivity contribution in [3.63, 3.8) is 0 Å². The van der Waals surface area contributed by atoms with Gasteiger partial charge in [-0.1, -0.05) is 71.2 Å². The number of carbonyl (C=O) groups excluding carboxylic acids is 2. The van der Waals surface area contributed by atoms with Gasteiger partial charge in [-0.25, -0.2) is 0 Å². The summed E-state index contributed by atoms with van der Waals surface area (Å²) in [5, 5.41) is 4.16. The normalized spacial score (nSPS) is 11.5. The zero-order valence-electron chi connectivity index (χ0n) is 19.3. The van der Waals surface area contributed by atoms with E-state index in [4.69, 9.17) is 39.5 Å². The van der Waals surface area contributed by atoms with Gasteiger partial charge in [0.1, 0.15) is 11.8 Å². The van der Waals surface area contributed by atoms with Crippen LogP contribution in [-0.4, -0.2) is 36.4 Å². The molecule has 0 aliphatic heterocycles. The van der Waals surface area contributed by atoms with E-state index in [1.807, 2.05) is 36.4 Å². The van der Waals surface area contributed by atoms with Gasteiger partial charge in [-0.15, -0.1) is 0 Å². The minimum Gasteiger partial charge on any atom is -0.494 e. The zero-order chi connectivity index (χ0) is 25.2. The van der Waals surface area contributed by atoms with E-state index >= 15 is 0 Å². The second kappa shape index (κ2) is 13.4. The fourth-order valence-electron chi connectivity index (χ4n) is 3.64. The van der Waals surface area contributed by atoms with Crippen LogP contribution in [0.3, 0.4) is 0 Å². The van der Waals surface area contributed by atoms with Crippen molar-refractivity contribution < 1.29 is 14.3 Å². The van der Waals surface area contributed by atoms with Crippen molar-refractivity contribution in [2.75, 3.05) is 13.7 Å². The maximum absolute atomic E-state index is 13.4. The number of nitrogens with zero attached hydrogens (tertiary/aromatic N) is 1. The first kappa shape index (κ1) is 26.9. The lowest BCUT2D eigenvalue weighted by Gasteiger charge is -2.31. The number of benzene rings is 3. The Morgan fingerprint density at radius 1 is 0.914 bits per heavy atom. The highest BCUT2D eigenvalue weighted by atomic mass is 35.5. The van der Waals surface area contributed by atoms with Crippen LogP contribution in [-0.2, 0) is 22.6 Å². The number of nitrogens with one attached hydrogen (secondary N) is 1. The molecule has 3 aromatic carbocycles. The summed E-state index contributed by atoms with van der Waals surface area (Å²) in [7, 11) is 1.57. The average Bonchev–Trinajstić information content (AvgIpc) is 2.87. The molecule has 3 aromatic rings. The third kappa shape index (κ3) is 8.17. The van der Waals surface area contributed by atoms with E-state index in [9.17, 15) is 9.59 Å². The van der Waals surface area contributed by atoms with Crippen LogP contribution >= 0.6 is 34.8 Å². The van der Waals surface area contributed by atoms with E-state index in [2.05, 4.69) is 5.32 Å². The van der Waals surface area contributed by atoms with Gasteiger partial charge >= 0.3 is 0 Å². The van der Waals surface area contributed by atoms with Gasteiger partial charge in [-0.05, 0) is 53.9 Å². The molecule has 0 spiro atoms. The maximum atomic E-state index is 13.4. The van der Waals surface area contributed by atoms with Gasteiger partial charge in [-0.3, -0.25) is 9.59 Å². The lowest BCUT2D eigenvalue weighted by atomic mass is 10.0. The van der Waals surface area contributed by atoms with Crippen LogP contribution < -0.4 is 10.1 Å². The molecule has 35 heavy (non-hydrogen) atoms. The molecule has 5 nitrogen and oxygen atoms in total. The molecule has 8 heteroatoms. The molecule has 0 fully saturated rings. The third-order valence-electron chi connectivity index (χ3n) is 5.47. The summed E-state index contributed by atoms with van der Waals surface area (Å²) >= 11 is 18.2. The van der Waals surface area contributed by atoms with Gasteiger partial charge < -0.3 is 15.0 Å². The minimum atomic E-state index is -0.693. The third-order valence-corrected chi connectivity index (χ3v) is 6.46.